The van der Waals surface area contributed by atoms with E-state index in [4.69, 9.17) is 4.74 Å². The van der Waals surface area contributed by atoms with Crippen molar-refractivity contribution in [2.24, 2.45) is 0 Å². The molecule has 5 nitrogen and oxygen atoms in total. The predicted octanol–water partition coefficient (Wildman–Crippen LogP) is 0.566. The summed E-state index contributed by atoms with van der Waals surface area (Å²) in [5.74, 6) is 0.0479. The average molecular weight is 270 g/mol. The Morgan fingerprint density at radius 1 is 1.37 bits per heavy atom. The molecule has 0 aromatic rings. The number of rotatable bonds is 5. The molecule has 0 radical (unpaired) electrons. The number of hydrogen-bond donors (Lipinski definition) is 3. The van der Waals surface area contributed by atoms with Gasteiger partial charge in [0.25, 0.3) is 0 Å². The first-order valence-electron chi connectivity index (χ1n) is 7.44. The molecule has 3 N–H and O–H groups in total. The van der Waals surface area contributed by atoms with E-state index in [2.05, 4.69) is 17.6 Å². The van der Waals surface area contributed by atoms with Crippen LogP contribution in [-0.2, 0) is 9.53 Å². The Kier molecular flexibility index (Phi) is 4.81. The Labute approximate surface area is 115 Å². The first kappa shape index (κ1) is 14.8. The molecule has 0 spiro atoms. The molecule has 2 saturated heterocycles. The van der Waals surface area contributed by atoms with Crippen molar-refractivity contribution in [1.29, 1.82) is 0 Å². The molecular formula is C14H26N2O3. The highest BCUT2D eigenvalue weighted by atomic mass is 16.5. The highest BCUT2D eigenvalue weighted by Gasteiger charge is 2.41. The Balaban J connectivity index is 1.88. The molecule has 2 aliphatic heterocycles. The van der Waals surface area contributed by atoms with E-state index >= 15 is 0 Å². The lowest BCUT2D eigenvalue weighted by atomic mass is 9.89. The first-order valence-corrected chi connectivity index (χ1v) is 7.44. The molecule has 0 saturated carbocycles. The lowest BCUT2D eigenvalue weighted by Crippen LogP contribution is -2.57. The Morgan fingerprint density at radius 3 is 2.68 bits per heavy atom. The number of carbonyl (C=O) groups is 1. The molecule has 2 fully saturated rings. The summed E-state index contributed by atoms with van der Waals surface area (Å²) in [6.45, 7) is 4.49. The van der Waals surface area contributed by atoms with Gasteiger partial charge in [-0.25, -0.2) is 0 Å². The number of ether oxygens (including phenoxy) is 1. The van der Waals surface area contributed by atoms with E-state index in [0.717, 1.165) is 32.2 Å². The number of aliphatic hydroxyl groups is 1. The van der Waals surface area contributed by atoms with E-state index in [9.17, 15) is 9.90 Å². The molecule has 0 bridgehead atoms. The van der Waals surface area contributed by atoms with E-state index in [0.29, 0.717) is 32.6 Å². The molecule has 2 rings (SSSR count). The second kappa shape index (κ2) is 6.20. The highest BCUT2D eigenvalue weighted by molar-refractivity contribution is 5.86. The lowest BCUT2D eigenvalue weighted by Gasteiger charge is -2.34. The molecule has 2 aliphatic rings. The Hall–Kier alpha value is -0.650. The molecule has 0 aromatic heterocycles. The number of nitrogens with one attached hydrogen (secondary N) is 2. The fourth-order valence-electron chi connectivity index (χ4n) is 3.10. The minimum atomic E-state index is -0.792. The Morgan fingerprint density at radius 2 is 2.11 bits per heavy atom. The van der Waals surface area contributed by atoms with Crippen molar-refractivity contribution in [3.05, 3.63) is 0 Å². The van der Waals surface area contributed by atoms with Gasteiger partial charge in [-0.1, -0.05) is 13.3 Å². The number of hydrogen-bond acceptors (Lipinski definition) is 4. The van der Waals surface area contributed by atoms with E-state index in [1.165, 1.54) is 0 Å². The standard InChI is InChI=1S/C14H26N2O3/c1-2-4-14(5-3-8-16-14)12(17)15-11-13(18)6-9-19-10-7-13/h16,18H,2-11H2,1H3,(H,15,17). The SMILES string of the molecule is CCCC1(C(=O)NCC2(O)CCOCC2)CCCN1. The summed E-state index contributed by atoms with van der Waals surface area (Å²) in [4.78, 5) is 12.4. The maximum Gasteiger partial charge on any atom is 0.240 e. The van der Waals surface area contributed by atoms with E-state index in [-0.39, 0.29) is 5.91 Å². The van der Waals surface area contributed by atoms with Crippen LogP contribution in [0.5, 0.6) is 0 Å². The topological polar surface area (TPSA) is 70.6 Å². The van der Waals surface area contributed by atoms with Crippen LogP contribution in [0, 0.1) is 0 Å². The van der Waals surface area contributed by atoms with Gasteiger partial charge in [0.15, 0.2) is 0 Å². The predicted molar refractivity (Wildman–Crippen MR) is 72.9 cm³/mol. The zero-order valence-electron chi connectivity index (χ0n) is 11.8. The molecule has 0 aliphatic carbocycles. The van der Waals surface area contributed by atoms with Crippen LogP contribution in [0.3, 0.4) is 0 Å². The van der Waals surface area contributed by atoms with Crippen molar-refractivity contribution < 1.29 is 14.6 Å². The maximum atomic E-state index is 12.4. The summed E-state index contributed by atoms with van der Waals surface area (Å²) >= 11 is 0. The van der Waals surface area contributed by atoms with E-state index in [1.54, 1.807) is 0 Å². The molecule has 1 atom stereocenters. The van der Waals surface area contributed by atoms with Crippen LogP contribution < -0.4 is 10.6 Å². The molecule has 1 amide bonds. The normalized spacial score (nSPS) is 30.2. The van der Waals surface area contributed by atoms with Crippen molar-refractivity contribution in [1.82, 2.24) is 10.6 Å². The van der Waals surface area contributed by atoms with Gasteiger partial charge in [-0.15, -0.1) is 0 Å². The van der Waals surface area contributed by atoms with Gasteiger partial charge in [0.2, 0.25) is 5.91 Å². The van der Waals surface area contributed by atoms with Crippen LogP contribution in [0.1, 0.15) is 45.4 Å². The molecular weight excluding hydrogens is 244 g/mol. The maximum absolute atomic E-state index is 12.4. The number of carbonyl (C=O) groups excluding carboxylic acids is 1. The van der Waals surface area contributed by atoms with Crippen LogP contribution in [0.2, 0.25) is 0 Å². The molecule has 19 heavy (non-hydrogen) atoms. The third-order valence-corrected chi connectivity index (χ3v) is 4.36. The van der Waals surface area contributed by atoms with Gasteiger partial charge in [0.1, 0.15) is 0 Å². The van der Waals surface area contributed by atoms with Crippen LogP contribution >= 0.6 is 0 Å². The molecule has 110 valence electrons. The summed E-state index contributed by atoms with van der Waals surface area (Å²) in [6.07, 6.45) is 4.99. The molecule has 5 heteroatoms. The summed E-state index contributed by atoms with van der Waals surface area (Å²) in [5.41, 5.74) is -1.20. The minimum absolute atomic E-state index is 0.0479. The van der Waals surface area contributed by atoms with Crippen LogP contribution in [-0.4, -0.2) is 48.5 Å². The van der Waals surface area contributed by atoms with E-state index in [1.807, 2.05) is 0 Å². The Bertz CT molecular complexity index is 308. The fourth-order valence-corrected chi connectivity index (χ4v) is 3.10. The van der Waals surface area contributed by atoms with Crippen LogP contribution in [0.4, 0.5) is 0 Å². The molecule has 1 unspecified atom stereocenters. The second-order valence-corrected chi connectivity index (χ2v) is 5.88. The van der Waals surface area contributed by atoms with Crippen molar-refractivity contribution in [3.8, 4) is 0 Å². The monoisotopic (exact) mass is 270 g/mol. The average Bonchev–Trinajstić information content (AvgIpc) is 2.87. The van der Waals surface area contributed by atoms with E-state index < -0.39 is 11.1 Å². The fraction of sp³-hybridized carbons (Fsp3) is 0.929. The van der Waals surface area contributed by atoms with Crippen molar-refractivity contribution in [2.75, 3.05) is 26.3 Å². The van der Waals surface area contributed by atoms with Gasteiger partial charge in [-0.05, 0) is 25.8 Å². The molecule has 2 heterocycles. The van der Waals surface area contributed by atoms with Crippen molar-refractivity contribution in [2.45, 2.75) is 56.6 Å². The largest absolute Gasteiger partial charge is 0.388 e. The summed E-state index contributed by atoms with van der Waals surface area (Å²) < 4.78 is 5.24. The zero-order valence-corrected chi connectivity index (χ0v) is 11.8. The van der Waals surface area contributed by atoms with Gasteiger partial charge in [-0.3, -0.25) is 4.79 Å². The van der Waals surface area contributed by atoms with Crippen molar-refractivity contribution in [3.63, 3.8) is 0 Å². The third-order valence-electron chi connectivity index (χ3n) is 4.36. The smallest absolute Gasteiger partial charge is 0.240 e. The van der Waals surface area contributed by atoms with Gasteiger partial charge in [0, 0.05) is 32.6 Å². The van der Waals surface area contributed by atoms with Gasteiger partial charge >= 0.3 is 0 Å². The first-order chi connectivity index (χ1) is 9.10. The van der Waals surface area contributed by atoms with Gasteiger partial charge in [0.05, 0.1) is 11.1 Å². The summed E-state index contributed by atoms with van der Waals surface area (Å²) in [7, 11) is 0. The second-order valence-electron chi connectivity index (χ2n) is 5.88. The van der Waals surface area contributed by atoms with Gasteiger partial charge < -0.3 is 20.5 Å². The van der Waals surface area contributed by atoms with Crippen LogP contribution in [0.25, 0.3) is 0 Å². The number of amides is 1. The third kappa shape index (κ3) is 3.46. The van der Waals surface area contributed by atoms with Gasteiger partial charge in [-0.2, -0.15) is 0 Å². The zero-order chi connectivity index (χ0) is 13.8. The molecule has 0 aromatic carbocycles. The minimum Gasteiger partial charge on any atom is -0.388 e. The lowest BCUT2D eigenvalue weighted by molar-refractivity contribution is -0.130. The summed E-state index contributed by atoms with van der Waals surface area (Å²) in [6, 6.07) is 0. The van der Waals surface area contributed by atoms with Crippen molar-refractivity contribution >= 4 is 5.91 Å². The highest BCUT2D eigenvalue weighted by Crippen LogP contribution is 2.26. The van der Waals surface area contributed by atoms with Crippen LogP contribution in [0.15, 0.2) is 0 Å². The quantitative estimate of drug-likeness (QED) is 0.683. The summed E-state index contributed by atoms with van der Waals surface area (Å²) in [5, 5.41) is 16.7.